The van der Waals surface area contributed by atoms with Crippen LogP contribution in [-0.2, 0) is 22.8 Å². The maximum atomic E-state index is 12.8. The fourth-order valence-electron chi connectivity index (χ4n) is 2.41. The molecule has 0 spiro atoms. The number of carboxylic acid groups (broad SMARTS) is 1. The standard InChI is InChI=1S/C14H16F3N5O.C2HF3O2/c1-22-11-3-2-8(14(15,16)17)4-10(11)13(21-22)19-7-12(23)20-9-5-18-6-9;3-2(4,5)1(6)7/h2-4,9,18H,5-7H2,1H3,(H,19,21)(H,20,23);(H,6,7). The van der Waals surface area contributed by atoms with Gasteiger partial charge in [0, 0.05) is 25.5 Å². The van der Waals surface area contributed by atoms with E-state index in [1.165, 1.54) is 10.7 Å². The van der Waals surface area contributed by atoms with Crippen LogP contribution in [0.1, 0.15) is 5.56 Å². The summed E-state index contributed by atoms with van der Waals surface area (Å²) in [5.74, 6) is -2.72. The Morgan fingerprint density at radius 1 is 1.23 bits per heavy atom. The van der Waals surface area contributed by atoms with Crippen molar-refractivity contribution < 1.29 is 41.0 Å². The number of fused-ring (bicyclic) bond motifs is 1. The van der Waals surface area contributed by atoms with Gasteiger partial charge in [-0.2, -0.15) is 31.4 Å². The largest absolute Gasteiger partial charge is 0.490 e. The summed E-state index contributed by atoms with van der Waals surface area (Å²) in [5.41, 5.74) is -0.185. The van der Waals surface area contributed by atoms with Crippen molar-refractivity contribution in [1.29, 1.82) is 0 Å². The molecule has 0 unspecified atom stereocenters. The minimum absolute atomic E-state index is 0.0428. The van der Waals surface area contributed by atoms with E-state index in [1.54, 1.807) is 7.05 Å². The highest BCUT2D eigenvalue weighted by Crippen LogP contribution is 2.33. The highest BCUT2D eigenvalue weighted by molar-refractivity contribution is 5.92. The molecule has 1 aliphatic rings. The fraction of sp³-hybridized carbons (Fsp3) is 0.438. The Morgan fingerprint density at radius 3 is 2.30 bits per heavy atom. The van der Waals surface area contributed by atoms with E-state index >= 15 is 0 Å². The van der Waals surface area contributed by atoms with Crippen molar-refractivity contribution in [3.63, 3.8) is 0 Å². The van der Waals surface area contributed by atoms with Crippen molar-refractivity contribution in [1.82, 2.24) is 20.4 Å². The van der Waals surface area contributed by atoms with Crippen LogP contribution in [0.15, 0.2) is 18.2 Å². The zero-order valence-electron chi connectivity index (χ0n) is 15.4. The molecule has 1 amide bonds. The molecule has 2 heterocycles. The van der Waals surface area contributed by atoms with E-state index < -0.39 is 23.9 Å². The highest BCUT2D eigenvalue weighted by Gasteiger charge is 2.38. The number of carboxylic acids is 1. The van der Waals surface area contributed by atoms with Gasteiger partial charge < -0.3 is 21.1 Å². The Labute approximate surface area is 165 Å². The molecule has 1 aliphatic heterocycles. The molecule has 0 saturated carbocycles. The van der Waals surface area contributed by atoms with Crippen LogP contribution in [0.2, 0.25) is 0 Å². The van der Waals surface area contributed by atoms with Crippen molar-refractivity contribution >= 4 is 28.6 Å². The average Bonchev–Trinajstić information content (AvgIpc) is 2.91. The van der Waals surface area contributed by atoms with E-state index in [1.807, 2.05) is 0 Å². The number of halogens is 6. The molecular weight excluding hydrogens is 424 g/mol. The number of hydrogen-bond donors (Lipinski definition) is 4. The summed E-state index contributed by atoms with van der Waals surface area (Å²) in [6.45, 7) is 1.42. The lowest BCUT2D eigenvalue weighted by molar-refractivity contribution is -0.192. The molecule has 0 atom stereocenters. The summed E-state index contributed by atoms with van der Waals surface area (Å²) in [7, 11) is 1.64. The van der Waals surface area contributed by atoms with Crippen molar-refractivity contribution in [2.45, 2.75) is 18.4 Å². The second kappa shape index (κ2) is 8.77. The number of carbonyl (C=O) groups is 2. The summed E-state index contributed by atoms with van der Waals surface area (Å²) in [5, 5.41) is 20.2. The molecule has 1 aromatic heterocycles. The maximum Gasteiger partial charge on any atom is 0.490 e. The lowest BCUT2D eigenvalue weighted by Gasteiger charge is -2.27. The van der Waals surface area contributed by atoms with E-state index in [0.29, 0.717) is 10.9 Å². The molecule has 166 valence electrons. The molecule has 14 heteroatoms. The third kappa shape index (κ3) is 5.98. The van der Waals surface area contributed by atoms with Gasteiger partial charge in [0.05, 0.1) is 23.7 Å². The summed E-state index contributed by atoms with van der Waals surface area (Å²) in [6.07, 6.45) is -9.50. The smallest absolute Gasteiger partial charge is 0.475 e. The Bertz CT molecular complexity index is 920. The van der Waals surface area contributed by atoms with Crippen LogP contribution in [0.3, 0.4) is 0 Å². The van der Waals surface area contributed by atoms with Crippen LogP contribution in [0.5, 0.6) is 0 Å². The molecule has 4 N–H and O–H groups in total. The van der Waals surface area contributed by atoms with E-state index in [0.717, 1.165) is 25.2 Å². The van der Waals surface area contributed by atoms with Crippen LogP contribution < -0.4 is 16.0 Å². The van der Waals surface area contributed by atoms with Gasteiger partial charge in [0.2, 0.25) is 5.91 Å². The average molecular weight is 441 g/mol. The molecule has 30 heavy (non-hydrogen) atoms. The van der Waals surface area contributed by atoms with Crippen LogP contribution >= 0.6 is 0 Å². The number of anilines is 1. The topological polar surface area (TPSA) is 108 Å². The number of carbonyl (C=O) groups excluding carboxylic acids is 1. The van der Waals surface area contributed by atoms with Gasteiger partial charge in [-0.25, -0.2) is 4.79 Å². The summed E-state index contributed by atoms with van der Waals surface area (Å²) < 4.78 is 71.7. The van der Waals surface area contributed by atoms with Crippen LogP contribution in [0, 0.1) is 0 Å². The minimum Gasteiger partial charge on any atom is -0.475 e. The Balaban J connectivity index is 0.000000396. The molecule has 0 radical (unpaired) electrons. The first-order valence-electron chi connectivity index (χ1n) is 8.37. The van der Waals surface area contributed by atoms with Crippen LogP contribution in [0.4, 0.5) is 32.2 Å². The molecule has 1 saturated heterocycles. The number of amides is 1. The number of aromatic nitrogens is 2. The number of benzene rings is 1. The van der Waals surface area contributed by atoms with Crippen molar-refractivity contribution in [2.75, 3.05) is 25.0 Å². The van der Waals surface area contributed by atoms with Gasteiger partial charge in [-0.15, -0.1) is 0 Å². The minimum atomic E-state index is -5.08. The van der Waals surface area contributed by atoms with Crippen LogP contribution in [0.25, 0.3) is 10.9 Å². The van der Waals surface area contributed by atoms with Crippen molar-refractivity contribution in [2.24, 2.45) is 7.05 Å². The molecule has 0 bridgehead atoms. The van der Waals surface area contributed by atoms with Gasteiger partial charge in [0.15, 0.2) is 5.82 Å². The lowest BCUT2D eigenvalue weighted by Crippen LogP contribution is -2.57. The first-order valence-corrected chi connectivity index (χ1v) is 8.37. The molecule has 2 aromatic rings. The van der Waals surface area contributed by atoms with Crippen LogP contribution in [-0.4, -0.2) is 58.6 Å². The van der Waals surface area contributed by atoms with Crippen molar-refractivity contribution in [3.05, 3.63) is 23.8 Å². The van der Waals surface area contributed by atoms with E-state index in [-0.39, 0.29) is 24.3 Å². The third-order valence-corrected chi connectivity index (χ3v) is 3.98. The zero-order chi connectivity index (χ0) is 22.7. The van der Waals surface area contributed by atoms with Gasteiger partial charge in [-0.1, -0.05) is 0 Å². The van der Waals surface area contributed by atoms with Crippen molar-refractivity contribution in [3.8, 4) is 0 Å². The summed E-state index contributed by atoms with van der Waals surface area (Å²) in [4.78, 5) is 20.7. The van der Waals surface area contributed by atoms with Gasteiger partial charge in [-0.05, 0) is 18.2 Å². The third-order valence-electron chi connectivity index (χ3n) is 3.98. The number of nitrogens with zero attached hydrogens (tertiary/aromatic N) is 2. The van der Waals surface area contributed by atoms with Gasteiger partial charge in [0.1, 0.15) is 0 Å². The lowest BCUT2D eigenvalue weighted by atomic mass is 10.1. The molecule has 1 aromatic carbocycles. The molecule has 8 nitrogen and oxygen atoms in total. The first kappa shape index (κ1) is 23.3. The second-order valence-corrected chi connectivity index (χ2v) is 6.28. The SMILES string of the molecule is Cn1nc(NCC(=O)NC2CNC2)c2cc(C(F)(F)F)ccc21.O=C(O)C(F)(F)F. The predicted molar refractivity (Wildman–Crippen MR) is 92.7 cm³/mol. The molecule has 0 aliphatic carbocycles. The first-order chi connectivity index (χ1) is 13.8. The second-order valence-electron chi connectivity index (χ2n) is 6.28. The fourth-order valence-corrected chi connectivity index (χ4v) is 2.41. The summed E-state index contributed by atoms with van der Waals surface area (Å²) in [6, 6.07) is 3.54. The molecule has 1 fully saturated rings. The number of aryl methyl sites for hydroxylation is 1. The quantitative estimate of drug-likeness (QED) is 0.539. The monoisotopic (exact) mass is 441 g/mol. The van der Waals surface area contributed by atoms with E-state index in [9.17, 15) is 31.1 Å². The maximum absolute atomic E-state index is 12.8. The number of hydrogen-bond acceptors (Lipinski definition) is 5. The van der Waals surface area contributed by atoms with Gasteiger partial charge in [-0.3, -0.25) is 9.48 Å². The zero-order valence-corrected chi connectivity index (χ0v) is 15.4. The summed E-state index contributed by atoms with van der Waals surface area (Å²) >= 11 is 0. The Kier molecular flexibility index (Phi) is 6.80. The van der Waals surface area contributed by atoms with E-state index in [2.05, 4.69) is 21.0 Å². The van der Waals surface area contributed by atoms with Gasteiger partial charge >= 0.3 is 18.3 Å². The van der Waals surface area contributed by atoms with E-state index in [4.69, 9.17) is 9.90 Å². The molecular formula is C16H17F6N5O3. The highest BCUT2D eigenvalue weighted by atomic mass is 19.4. The number of nitrogens with one attached hydrogen (secondary N) is 3. The number of rotatable bonds is 4. The van der Waals surface area contributed by atoms with Gasteiger partial charge in [0.25, 0.3) is 0 Å². The normalized spacial score (nSPS) is 14.5. The molecule has 3 rings (SSSR count). The Hall–Kier alpha value is -3.03. The predicted octanol–water partition coefficient (Wildman–Crippen LogP) is 1.73. The number of aliphatic carboxylic acids is 1. The number of alkyl halides is 6. The Morgan fingerprint density at radius 2 is 1.83 bits per heavy atom.